The molecule has 1 rings (SSSR count). The molecule has 0 bridgehead atoms. The van der Waals surface area contributed by atoms with Crippen molar-refractivity contribution in [1.29, 1.82) is 0 Å². The second kappa shape index (κ2) is 6.88. The zero-order chi connectivity index (χ0) is 17.8. The van der Waals surface area contributed by atoms with Crippen LogP contribution in [-0.4, -0.2) is 52.0 Å². The number of hydrogen-bond acceptors (Lipinski definition) is 6. The molecule has 3 N–H and O–H groups in total. The highest BCUT2D eigenvalue weighted by Gasteiger charge is 2.42. The van der Waals surface area contributed by atoms with Gasteiger partial charge in [0.25, 0.3) is 0 Å². The first-order valence-electron chi connectivity index (χ1n) is 6.43. The van der Waals surface area contributed by atoms with Gasteiger partial charge in [0.1, 0.15) is 5.60 Å². The second-order valence-electron chi connectivity index (χ2n) is 5.58. The topological polar surface area (TPSA) is 171 Å². The van der Waals surface area contributed by atoms with Crippen molar-refractivity contribution in [2.45, 2.75) is 44.6 Å². The minimum atomic E-state index is -1.76. The maximum atomic E-state index is 11.8. The van der Waals surface area contributed by atoms with Gasteiger partial charge >= 0.3 is 18.0 Å². The second-order valence-corrected chi connectivity index (χ2v) is 5.58. The quantitative estimate of drug-likeness (QED) is 0.392. The van der Waals surface area contributed by atoms with Gasteiger partial charge in [0.2, 0.25) is 11.9 Å². The van der Waals surface area contributed by atoms with E-state index in [0.717, 1.165) is 6.08 Å². The number of hydrogen-bond donors (Lipinski definition) is 3. The summed E-state index contributed by atoms with van der Waals surface area (Å²) in [5, 5.41) is 23.6. The molecule has 0 spiro atoms. The van der Waals surface area contributed by atoms with Crippen LogP contribution in [0, 0.1) is 0 Å². The van der Waals surface area contributed by atoms with Crippen molar-refractivity contribution in [2.75, 3.05) is 0 Å². The molecule has 23 heavy (non-hydrogen) atoms. The minimum Gasteiger partial charge on any atom is -0.478 e. The minimum absolute atomic E-state index is 0.683. The van der Waals surface area contributed by atoms with E-state index in [9.17, 15) is 14.4 Å². The molecule has 1 aliphatic rings. The summed E-state index contributed by atoms with van der Waals surface area (Å²) in [6.45, 7) is 4.81. The lowest BCUT2D eigenvalue weighted by Crippen LogP contribution is -2.56. The van der Waals surface area contributed by atoms with Crippen LogP contribution in [0.4, 0.5) is 4.79 Å². The molecule has 0 saturated heterocycles. The predicted octanol–water partition coefficient (Wildman–Crippen LogP) is 1.01. The first kappa shape index (κ1) is 18.1. The highest BCUT2D eigenvalue weighted by atomic mass is 16.6. The average Bonchev–Trinajstić information content (AvgIpc) is 2.37. The third kappa shape index (κ3) is 5.08. The number of nitrogens with zero attached hydrogens (tertiary/aromatic N) is 3. The van der Waals surface area contributed by atoms with Crippen LogP contribution < -0.4 is 5.32 Å². The van der Waals surface area contributed by atoms with Gasteiger partial charge in [-0.15, -0.1) is 0 Å². The summed E-state index contributed by atoms with van der Waals surface area (Å²) in [4.78, 5) is 36.6. The Bertz CT molecular complexity index is 589. The summed E-state index contributed by atoms with van der Waals surface area (Å²) in [5.74, 6) is -3.74. The van der Waals surface area contributed by atoms with Crippen molar-refractivity contribution in [1.82, 2.24) is 5.32 Å². The molecule has 1 aliphatic heterocycles. The number of carbonyl (C=O) groups is 3. The molecular formula is C12H16N4O7. The number of azide groups is 1. The molecule has 0 aromatic rings. The van der Waals surface area contributed by atoms with E-state index in [1.807, 2.05) is 0 Å². The maximum Gasteiger partial charge on any atom is 0.408 e. The van der Waals surface area contributed by atoms with E-state index in [1.54, 1.807) is 20.8 Å². The van der Waals surface area contributed by atoms with Gasteiger partial charge in [-0.2, -0.15) is 0 Å². The molecule has 0 fully saturated rings. The Morgan fingerprint density at radius 2 is 2.00 bits per heavy atom. The molecule has 0 radical (unpaired) electrons. The number of carboxylic acids is 2. The molecule has 1 amide bonds. The molecule has 126 valence electrons. The van der Waals surface area contributed by atoms with Crippen LogP contribution in [-0.2, 0) is 19.1 Å². The van der Waals surface area contributed by atoms with Crippen molar-refractivity contribution in [3.8, 4) is 0 Å². The Balaban J connectivity index is 3.11. The van der Waals surface area contributed by atoms with Gasteiger partial charge in [0, 0.05) is 4.91 Å². The zero-order valence-electron chi connectivity index (χ0n) is 12.6. The number of carbonyl (C=O) groups excluding carboxylic acids is 1. The molecule has 0 aromatic heterocycles. The van der Waals surface area contributed by atoms with Crippen molar-refractivity contribution in [3.63, 3.8) is 0 Å². The van der Waals surface area contributed by atoms with Crippen LogP contribution in [0.15, 0.2) is 16.9 Å². The monoisotopic (exact) mass is 328 g/mol. The van der Waals surface area contributed by atoms with Crippen molar-refractivity contribution >= 4 is 18.0 Å². The largest absolute Gasteiger partial charge is 0.478 e. The SMILES string of the molecule is CC(C)(C)OC(=O)N[C@@H]1[C@@H](N=[N+]=[N-])C=C(C(=O)O)O[C@H]1C(=O)O. The van der Waals surface area contributed by atoms with Gasteiger partial charge in [-0.3, -0.25) is 0 Å². The number of aliphatic carboxylic acids is 2. The predicted molar refractivity (Wildman–Crippen MR) is 74.3 cm³/mol. The molecule has 0 aromatic carbocycles. The molecule has 11 nitrogen and oxygen atoms in total. The highest BCUT2D eigenvalue weighted by molar-refractivity contribution is 5.86. The third-order valence-corrected chi connectivity index (χ3v) is 2.59. The molecule has 0 saturated carbocycles. The van der Waals surface area contributed by atoms with Crippen molar-refractivity contribution in [3.05, 3.63) is 22.3 Å². The molecule has 1 heterocycles. The highest BCUT2D eigenvalue weighted by Crippen LogP contribution is 2.22. The van der Waals surface area contributed by atoms with Crippen molar-refractivity contribution < 1.29 is 34.1 Å². The van der Waals surface area contributed by atoms with E-state index in [2.05, 4.69) is 15.3 Å². The summed E-state index contributed by atoms with van der Waals surface area (Å²) in [6, 6.07) is -2.60. The van der Waals surface area contributed by atoms with E-state index < -0.39 is 47.6 Å². The Morgan fingerprint density at radius 1 is 1.39 bits per heavy atom. The summed E-state index contributed by atoms with van der Waals surface area (Å²) >= 11 is 0. The van der Waals surface area contributed by atoms with E-state index in [-0.39, 0.29) is 0 Å². The fraction of sp³-hybridized carbons (Fsp3) is 0.583. The summed E-state index contributed by atoms with van der Waals surface area (Å²) in [6.07, 6.45) is -1.79. The average molecular weight is 328 g/mol. The Hall–Kier alpha value is -2.94. The van der Waals surface area contributed by atoms with Crippen molar-refractivity contribution in [2.24, 2.45) is 5.11 Å². The zero-order valence-corrected chi connectivity index (χ0v) is 12.6. The molecule has 3 atom stereocenters. The fourth-order valence-electron chi connectivity index (χ4n) is 1.78. The number of nitrogens with one attached hydrogen (secondary N) is 1. The standard InChI is InChI=1S/C12H16N4O7/c1-12(2,3)23-11(21)14-7-5(15-16-13)4-6(9(17)18)22-8(7)10(19)20/h4-5,7-8H,1-3H3,(H,14,21)(H,17,18)(H,19,20)/t5-,7+,8+/m0/s1. The third-order valence-electron chi connectivity index (χ3n) is 2.59. The first-order chi connectivity index (χ1) is 10.5. The number of ether oxygens (including phenoxy) is 2. The van der Waals surface area contributed by atoms with Gasteiger partial charge in [0.15, 0.2) is 0 Å². The fourth-order valence-corrected chi connectivity index (χ4v) is 1.78. The van der Waals surface area contributed by atoms with Crippen LogP contribution in [0.25, 0.3) is 10.4 Å². The van der Waals surface area contributed by atoms with E-state index in [0.29, 0.717) is 0 Å². The molecule has 0 aliphatic carbocycles. The van der Waals surface area contributed by atoms with Gasteiger partial charge in [-0.1, -0.05) is 5.11 Å². The molecule has 0 unspecified atom stereocenters. The smallest absolute Gasteiger partial charge is 0.408 e. The lowest BCUT2D eigenvalue weighted by atomic mass is 9.99. The lowest BCUT2D eigenvalue weighted by molar-refractivity contribution is -0.153. The number of carboxylic acid groups (broad SMARTS) is 2. The summed E-state index contributed by atoms with van der Waals surface area (Å²) in [5.41, 5.74) is 7.72. The summed E-state index contributed by atoms with van der Waals surface area (Å²) < 4.78 is 9.84. The number of amides is 1. The van der Waals surface area contributed by atoms with Gasteiger partial charge in [0.05, 0.1) is 12.1 Å². The Kier molecular flexibility index (Phi) is 5.42. The lowest BCUT2D eigenvalue weighted by Gasteiger charge is -2.33. The van der Waals surface area contributed by atoms with Crippen LogP contribution in [0.1, 0.15) is 20.8 Å². The molecular weight excluding hydrogens is 312 g/mol. The van der Waals surface area contributed by atoms with Crippen LogP contribution >= 0.6 is 0 Å². The maximum absolute atomic E-state index is 11.8. The van der Waals surface area contributed by atoms with Gasteiger partial charge in [-0.05, 0) is 32.4 Å². The summed E-state index contributed by atoms with van der Waals surface area (Å²) in [7, 11) is 0. The van der Waals surface area contributed by atoms with Crippen LogP contribution in [0.3, 0.4) is 0 Å². The molecule has 11 heteroatoms. The normalized spacial score (nSPS) is 23.6. The van der Waals surface area contributed by atoms with E-state index >= 15 is 0 Å². The van der Waals surface area contributed by atoms with Gasteiger partial charge < -0.3 is 25.0 Å². The number of alkyl carbamates (subject to hydrolysis) is 1. The van der Waals surface area contributed by atoms with E-state index in [4.69, 9.17) is 25.2 Å². The van der Waals surface area contributed by atoms with Crippen LogP contribution in [0.5, 0.6) is 0 Å². The van der Waals surface area contributed by atoms with Gasteiger partial charge in [-0.25, -0.2) is 14.4 Å². The Labute approximate surface area is 130 Å². The Morgan fingerprint density at radius 3 is 2.43 bits per heavy atom. The van der Waals surface area contributed by atoms with Crippen LogP contribution in [0.2, 0.25) is 0 Å². The number of rotatable bonds is 4. The van der Waals surface area contributed by atoms with E-state index in [1.165, 1.54) is 0 Å². The first-order valence-corrected chi connectivity index (χ1v) is 6.43.